The molecular weight excluding hydrogens is 1080 g/mol. The van der Waals surface area contributed by atoms with Crippen LogP contribution < -0.4 is 25.4 Å². The molecule has 4 heterocycles. The van der Waals surface area contributed by atoms with Crippen LogP contribution in [0.1, 0.15) is 80.1 Å². The molecular formula is C60H68F4N10O9. The summed E-state index contributed by atoms with van der Waals surface area (Å²) in [5.41, 5.74) is 1.80. The van der Waals surface area contributed by atoms with Gasteiger partial charge >= 0.3 is 18.2 Å². The summed E-state index contributed by atoms with van der Waals surface area (Å²) in [7, 11) is 2.71. The monoisotopic (exact) mass is 1150 g/mol. The van der Waals surface area contributed by atoms with Crippen molar-refractivity contribution in [3.63, 3.8) is 0 Å². The van der Waals surface area contributed by atoms with Crippen molar-refractivity contribution < 1.29 is 60.8 Å². The summed E-state index contributed by atoms with van der Waals surface area (Å²) in [4.78, 5) is 56.1. The van der Waals surface area contributed by atoms with Crippen molar-refractivity contribution in [3.05, 3.63) is 131 Å². The zero-order chi connectivity index (χ0) is 60.6. The van der Waals surface area contributed by atoms with Gasteiger partial charge in [-0.1, -0.05) is 42.8 Å². The number of aromatic nitrogens is 4. The van der Waals surface area contributed by atoms with Crippen LogP contribution in [-0.4, -0.2) is 117 Å². The summed E-state index contributed by atoms with van der Waals surface area (Å²) in [6, 6.07) is 16.7. The number of nitrogens with one attached hydrogen (secondary N) is 3. The predicted octanol–water partition coefficient (Wildman–Crippen LogP) is 11.8. The number of nitrogens with zero attached hydrogens (tertiary/aromatic N) is 7. The molecule has 3 amide bonds. The Hall–Kier alpha value is -8.96. The SMILES string of the molecule is CC(C)(C)OC(=O)N[C@@H]1CCCCNC1.[C-]#[N+]c1ccc(-c2nn(CC(=O)N3CCCC[C@@H](NC(=O)OC(C)(C)C)C3)cc2-c2ccc(OC)c(F)c2)cc1F.[C-]#[N+]c1ccc(-c2nn(CC(=O)O)cc2-c2ccc(OC)c(F)c2)cc1F. The van der Waals surface area contributed by atoms with Gasteiger partial charge in [0.15, 0.2) is 23.1 Å². The van der Waals surface area contributed by atoms with E-state index < -0.39 is 53.1 Å². The van der Waals surface area contributed by atoms with Crippen LogP contribution >= 0.6 is 0 Å². The van der Waals surface area contributed by atoms with Crippen LogP contribution in [0.4, 0.5) is 38.5 Å². The van der Waals surface area contributed by atoms with Crippen molar-refractivity contribution in [3.8, 4) is 56.3 Å². The lowest BCUT2D eigenvalue weighted by molar-refractivity contribution is -0.138. The number of benzene rings is 4. The van der Waals surface area contributed by atoms with E-state index in [1.54, 1.807) is 50.1 Å². The van der Waals surface area contributed by atoms with Gasteiger partial charge in [0.05, 0.1) is 27.4 Å². The Morgan fingerprint density at radius 1 is 0.639 bits per heavy atom. The zero-order valence-corrected chi connectivity index (χ0v) is 47.6. The fourth-order valence-corrected chi connectivity index (χ4v) is 8.97. The Bertz CT molecular complexity index is 3350. The molecule has 4 N–H and O–H groups in total. The maximum atomic E-state index is 14.6. The first kappa shape index (κ1) is 63.2. The third-order valence-electron chi connectivity index (χ3n) is 12.7. The van der Waals surface area contributed by atoms with E-state index in [2.05, 4.69) is 35.8 Å². The van der Waals surface area contributed by atoms with E-state index >= 15 is 0 Å². The molecule has 0 aliphatic carbocycles. The Balaban J connectivity index is 0.000000225. The van der Waals surface area contributed by atoms with Gasteiger partial charge < -0.3 is 44.9 Å². The summed E-state index contributed by atoms with van der Waals surface area (Å²) in [6.45, 7) is 27.3. The first-order valence-electron chi connectivity index (χ1n) is 26.7. The molecule has 440 valence electrons. The number of halogens is 4. The number of alkyl carbamates (subject to hydrolysis) is 2. The average molecular weight is 1150 g/mol. The first-order valence-corrected chi connectivity index (χ1v) is 26.7. The molecule has 19 nitrogen and oxygen atoms in total. The summed E-state index contributed by atoms with van der Waals surface area (Å²) in [6.07, 6.45) is 7.95. The quantitative estimate of drug-likeness (QED) is 0.0666. The second-order valence-electron chi connectivity index (χ2n) is 21.5. The first-order chi connectivity index (χ1) is 39.4. The Labute approximate surface area is 479 Å². The maximum Gasteiger partial charge on any atom is 0.407 e. The van der Waals surface area contributed by atoms with Crippen molar-refractivity contribution in [2.45, 2.75) is 116 Å². The number of ether oxygens (including phenoxy) is 4. The highest BCUT2D eigenvalue weighted by Crippen LogP contribution is 2.37. The normalized spacial score (nSPS) is 15.2. The van der Waals surface area contributed by atoms with E-state index in [0.29, 0.717) is 58.6 Å². The van der Waals surface area contributed by atoms with E-state index in [0.717, 1.165) is 44.8 Å². The number of likely N-dealkylation sites (tertiary alicyclic amines) is 1. The molecule has 2 atom stereocenters. The number of hydrogen-bond acceptors (Lipinski definition) is 11. The molecule has 8 rings (SSSR count). The van der Waals surface area contributed by atoms with E-state index in [-0.39, 0.29) is 59.2 Å². The van der Waals surface area contributed by atoms with Gasteiger partial charge in [-0.05, 0) is 128 Å². The number of rotatable bonds is 12. The van der Waals surface area contributed by atoms with Crippen LogP contribution in [0.5, 0.6) is 11.5 Å². The molecule has 2 aromatic heterocycles. The lowest BCUT2D eigenvalue weighted by Gasteiger charge is -2.26. The van der Waals surface area contributed by atoms with Crippen LogP contribution in [0.15, 0.2) is 85.2 Å². The van der Waals surface area contributed by atoms with Gasteiger partial charge in [0.2, 0.25) is 17.3 Å². The molecule has 0 radical (unpaired) electrons. The minimum Gasteiger partial charge on any atom is -0.494 e. The van der Waals surface area contributed by atoms with Crippen molar-refractivity contribution in [1.82, 2.24) is 40.4 Å². The van der Waals surface area contributed by atoms with Gasteiger partial charge in [-0.15, -0.1) is 0 Å². The Kier molecular flexibility index (Phi) is 21.8. The summed E-state index contributed by atoms with van der Waals surface area (Å²) >= 11 is 0. The highest BCUT2D eigenvalue weighted by molar-refractivity contribution is 5.84. The molecule has 2 fully saturated rings. The van der Waals surface area contributed by atoms with E-state index in [9.17, 15) is 36.7 Å². The summed E-state index contributed by atoms with van der Waals surface area (Å²) in [5.74, 6) is -3.79. The molecule has 83 heavy (non-hydrogen) atoms. The number of hydrogen-bond donors (Lipinski definition) is 4. The maximum absolute atomic E-state index is 14.6. The summed E-state index contributed by atoms with van der Waals surface area (Å²) < 4.78 is 80.4. The number of carbonyl (C=O) groups excluding carboxylic acids is 3. The second kappa shape index (κ2) is 28.6. The lowest BCUT2D eigenvalue weighted by Crippen LogP contribution is -2.46. The predicted molar refractivity (Wildman–Crippen MR) is 303 cm³/mol. The van der Waals surface area contributed by atoms with Crippen LogP contribution in [0.3, 0.4) is 0 Å². The molecule has 4 aromatic carbocycles. The average Bonchev–Trinajstić information content (AvgIpc) is 3.85. The van der Waals surface area contributed by atoms with Gasteiger partial charge in [0.1, 0.15) is 47.3 Å². The smallest absolute Gasteiger partial charge is 0.407 e. The molecule has 0 spiro atoms. The number of amides is 3. The highest BCUT2D eigenvalue weighted by Gasteiger charge is 2.27. The minimum absolute atomic E-state index is 0.0608. The Morgan fingerprint density at radius 2 is 1.08 bits per heavy atom. The molecule has 23 heteroatoms. The number of aliphatic carboxylic acids is 1. The lowest BCUT2D eigenvalue weighted by atomic mass is 10.0. The van der Waals surface area contributed by atoms with E-state index in [1.807, 2.05) is 20.8 Å². The standard InChI is InChI=1S/C30H33F2N5O4.C19H13F2N3O3.C11H22N2O2/c1-30(2,3)41-29(39)34-21-8-6-7-13-36(16-21)27(38)18-37-17-22(19-10-12-26(40-5)24(32)14-19)28(35-37)20-9-11-25(33-4)23(31)15-20;1-22-16-5-3-12(8-14(16)20)19-13(9-24(23-19)10-18(25)26)11-4-6-17(27-2)15(21)7-11;1-11(2,3)15-10(14)13-9-6-4-5-7-12-8-9/h9-12,14-15,17,21H,6-8,13,16,18H2,1-3,5H3,(H,34,39);3-9H,10H2,2H3,(H,25,26);9,12H,4-8H2,1-3H3,(H,13,14)/t21-;;9-/m1.1/s1. The van der Waals surface area contributed by atoms with Gasteiger partial charge in [0.25, 0.3) is 0 Å². The largest absolute Gasteiger partial charge is 0.494 e. The van der Waals surface area contributed by atoms with E-state index in [4.69, 9.17) is 37.2 Å². The van der Waals surface area contributed by atoms with Crippen molar-refractivity contribution in [1.29, 1.82) is 0 Å². The highest BCUT2D eigenvalue weighted by atomic mass is 19.1. The second-order valence-corrected chi connectivity index (χ2v) is 21.5. The topological polar surface area (TPSA) is 209 Å². The third kappa shape index (κ3) is 18.5. The third-order valence-corrected chi connectivity index (χ3v) is 12.7. The Morgan fingerprint density at radius 3 is 1.53 bits per heavy atom. The molecule has 6 aromatic rings. The molecule has 0 unspecified atom stereocenters. The van der Waals surface area contributed by atoms with E-state index in [1.165, 1.54) is 84.7 Å². The van der Waals surface area contributed by atoms with Gasteiger partial charge in [-0.3, -0.25) is 19.0 Å². The molecule has 2 saturated heterocycles. The van der Waals surface area contributed by atoms with Crippen LogP contribution in [0, 0.1) is 36.4 Å². The fraction of sp³-hybridized carbons (Fsp3) is 0.400. The molecule has 0 bridgehead atoms. The van der Waals surface area contributed by atoms with Gasteiger partial charge in [-0.25, -0.2) is 36.8 Å². The fourth-order valence-electron chi connectivity index (χ4n) is 8.97. The summed E-state index contributed by atoms with van der Waals surface area (Å²) in [5, 5.41) is 26.8. The van der Waals surface area contributed by atoms with Crippen molar-refractivity contribution in [2.24, 2.45) is 0 Å². The molecule has 2 aliphatic rings. The molecule has 0 saturated carbocycles. The van der Waals surface area contributed by atoms with Crippen molar-refractivity contribution >= 4 is 35.4 Å². The zero-order valence-electron chi connectivity index (χ0n) is 47.6. The van der Waals surface area contributed by atoms with Crippen LogP contribution in [0.2, 0.25) is 0 Å². The number of methoxy groups -OCH3 is 2. The van der Waals surface area contributed by atoms with Gasteiger partial charge in [0, 0.05) is 66.4 Å². The minimum atomic E-state index is -1.11. The number of carbonyl (C=O) groups is 4. The number of carboxylic acid groups (broad SMARTS) is 1. The van der Waals surface area contributed by atoms with Crippen LogP contribution in [0.25, 0.3) is 54.5 Å². The number of carboxylic acids is 1. The van der Waals surface area contributed by atoms with Crippen molar-refractivity contribution in [2.75, 3.05) is 40.4 Å². The van der Waals surface area contributed by atoms with Gasteiger partial charge in [-0.2, -0.15) is 10.2 Å². The van der Waals surface area contributed by atoms with Crippen LogP contribution in [-0.2, 0) is 32.2 Å². The molecule has 2 aliphatic heterocycles.